The number of ether oxygens (including phenoxy) is 1. The minimum atomic E-state index is -0.0714. The lowest BCUT2D eigenvalue weighted by Gasteiger charge is -2.13. The number of nitrogens with zero attached hydrogens (tertiary/aromatic N) is 1. The number of benzene rings is 2. The highest BCUT2D eigenvalue weighted by Gasteiger charge is 2.06. The van der Waals surface area contributed by atoms with Gasteiger partial charge in [0.1, 0.15) is 5.75 Å². The molecule has 0 saturated carbocycles. The number of aliphatic imine (C=N–C) groups is 1. The van der Waals surface area contributed by atoms with Crippen molar-refractivity contribution in [2.75, 3.05) is 26.7 Å². The average Bonchev–Trinajstić information content (AvgIpc) is 2.73. The summed E-state index contributed by atoms with van der Waals surface area (Å²) in [5, 5.41) is 9.29. The molecule has 0 bridgehead atoms. The molecule has 6 nitrogen and oxygen atoms in total. The standard InChI is InChI=1S/C23H32N4O2.HI/c1-5-25-23(27-16-20-11-10-17(3)14-21(20)29-6-2)26-13-12-18-8-7-9-19(15-18)22(28)24-4;/h7-11,14-15H,5-6,12-13,16H2,1-4H3,(H,24,28)(H2,25,26,27);1H. The highest BCUT2D eigenvalue weighted by Crippen LogP contribution is 2.21. The Hall–Kier alpha value is -2.29. The van der Waals surface area contributed by atoms with Gasteiger partial charge in [-0.2, -0.15) is 0 Å². The molecule has 164 valence electrons. The van der Waals surface area contributed by atoms with Crippen LogP contribution in [-0.2, 0) is 13.0 Å². The van der Waals surface area contributed by atoms with Crippen molar-refractivity contribution in [1.82, 2.24) is 16.0 Å². The van der Waals surface area contributed by atoms with E-state index in [4.69, 9.17) is 9.73 Å². The van der Waals surface area contributed by atoms with Crippen LogP contribution in [0.4, 0.5) is 0 Å². The topological polar surface area (TPSA) is 74.8 Å². The first kappa shape index (κ1) is 25.7. The van der Waals surface area contributed by atoms with E-state index in [9.17, 15) is 4.79 Å². The molecule has 0 saturated heterocycles. The molecule has 0 fully saturated rings. The fraction of sp³-hybridized carbons (Fsp3) is 0.391. The first-order valence-electron chi connectivity index (χ1n) is 10.1. The first-order chi connectivity index (χ1) is 14.1. The molecule has 0 aromatic heterocycles. The molecule has 30 heavy (non-hydrogen) atoms. The quantitative estimate of drug-likeness (QED) is 0.266. The lowest BCUT2D eigenvalue weighted by atomic mass is 10.1. The number of hydrogen-bond acceptors (Lipinski definition) is 3. The molecule has 0 unspecified atom stereocenters. The highest BCUT2D eigenvalue weighted by atomic mass is 127. The number of carbonyl (C=O) groups is 1. The second-order valence-corrected chi connectivity index (χ2v) is 6.70. The normalized spacial score (nSPS) is 10.7. The molecule has 0 aliphatic heterocycles. The summed E-state index contributed by atoms with van der Waals surface area (Å²) in [6.07, 6.45) is 0.796. The molecule has 2 aromatic rings. The molecule has 0 aliphatic rings. The molecule has 0 heterocycles. The maximum absolute atomic E-state index is 11.8. The fourth-order valence-corrected chi connectivity index (χ4v) is 2.93. The smallest absolute Gasteiger partial charge is 0.251 e. The second-order valence-electron chi connectivity index (χ2n) is 6.70. The van der Waals surface area contributed by atoms with Crippen LogP contribution in [0.1, 0.15) is 40.9 Å². The van der Waals surface area contributed by atoms with Gasteiger partial charge < -0.3 is 20.7 Å². The van der Waals surface area contributed by atoms with Gasteiger partial charge in [0.25, 0.3) is 5.91 Å². The summed E-state index contributed by atoms with van der Waals surface area (Å²) in [6.45, 7) is 8.76. The number of nitrogens with one attached hydrogen (secondary N) is 3. The Morgan fingerprint density at radius 2 is 1.90 bits per heavy atom. The lowest BCUT2D eigenvalue weighted by molar-refractivity contribution is 0.0963. The van der Waals surface area contributed by atoms with Crippen molar-refractivity contribution in [3.05, 3.63) is 64.7 Å². The van der Waals surface area contributed by atoms with E-state index >= 15 is 0 Å². The number of amides is 1. The molecule has 1 amide bonds. The van der Waals surface area contributed by atoms with Crippen molar-refractivity contribution in [1.29, 1.82) is 0 Å². The van der Waals surface area contributed by atoms with Crippen molar-refractivity contribution >= 4 is 35.8 Å². The molecular weight excluding hydrogens is 491 g/mol. The van der Waals surface area contributed by atoms with Gasteiger partial charge in [0.2, 0.25) is 0 Å². The molecular formula is C23H33IN4O2. The maximum Gasteiger partial charge on any atom is 0.251 e. The van der Waals surface area contributed by atoms with E-state index in [0.29, 0.717) is 18.7 Å². The third-order valence-electron chi connectivity index (χ3n) is 4.40. The average molecular weight is 524 g/mol. The van der Waals surface area contributed by atoms with E-state index in [-0.39, 0.29) is 29.9 Å². The van der Waals surface area contributed by atoms with Crippen molar-refractivity contribution in [3.8, 4) is 5.75 Å². The Labute approximate surface area is 196 Å². The van der Waals surface area contributed by atoms with Gasteiger partial charge in [0.05, 0.1) is 13.2 Å². The van der Waals surface area contributed by atoms with Crippen LogP contribution in [0.5, 0.6) is 5.75 Å². The molecule has 2 aromatic carbocycles. The van der Waals surface area contributed by atoms with Crippen molar-refractivity contribution < 1.29 is 9.53 Å². The van der Waals surface area contributed by atoms with Gasteiger partial charge in [-0.25, -0.2) is 4.99 Å². The molecule has 2 rings (SSSR count). The largest absolute Gasteiger partial charge is 0.494 e. The first-order valence-corrected chi connectivity index (χ1v) is 10.1. The zero-order valence-corrected chi connectivity index (χ0v) is 20.6. The number of carbonyl (C=O) groups excluding carboxylic acids is 1. The zero-order valence-electron chi connectivity index (χ0n) is 18.2. The Morgan fingerprint density at radius 3 is 2.60 bits per heavy atom. The molecule has 3 N–H and O–H groups in total. The number of rotatable bonds is 9. The van der Waals surface area contributed by atoms with Crippen LogP contribution in [0.25, 0.3) is 0 Å². The van der Waals surface area contributed by atoms with Crippen LogP contribution in [0.2, 0.25) is 0 Å². The van der Waals surface area contributed by atoms with E-state index in [0.717, 1.165) is 42.3 Å². The second kappa shape index (κ2) is 13.8. The molecule has 7 heteroatoms. The molecule has 0 atom stereocenters. The van der Waals surface area contributed by atoms with Gasteiger partial charge in [0, 0.05) is 31.3 Å². The predicted octanol–water partition coefficient (Wildman–Crippen LogP) is 3.67. The van der Waals surface area contributed by atoms with Crippen LogP contribution in [-0.4, -0.2) is 38.6 Å². The predicted molar refractivity (Wildman–Crippen MR) is 134 cm³/mol. The van der Waals surface area contributed by atoms with Crippen molar-refractivity contribution in [2.45, 2.75) is 33.7 Å². The minimum Gasteiger partial charge on any atom is -0.494 e. The Kier molecular flexibility index (Phi) is 11.9. The van der Waals surface area contributed by atoms with Gasteiger partial charge in [-0.05, 0) is 56.5 Å². The van der Waals surface area contributed by atoms with Crippen LogP contribution >= 0.6 is 24.0 Å². The van der Waals surface area contributed by atoms with Gasteiger partial charge >= 0.3 is 0 Å². The zero-order chi connectivity index (χ0) is 21.1. The fourth-order valence-electron chi connectivity index (χ4n) is 2.93. The van der Waals surface area contributed by atoms with Crippen LogP contribution in [0.3, 0.4) is 0 Å². The maximum atomic E-state index is 11.8. The Balaban J connectivity index is 0.00000450. The molecule has 0 spiro atoms. The van der Waals surface area contributed by atoms with Crippen molar-refractivity contribution in [3.63, 3.8) is 0 Å². The molecule has 0 radical (unpaired) electrons. The summed E-state index contributed by atoms with van der Waals surface area (Å²) in [7, 11) is 1.64. The van der Waals surface area contributed by atoms with E-state index in [1.807, 2.05) is 44.2 Å². The summed E-state index contributed by atoms with van der Waals surface area (Å²) >= 11 is 0. The summed E-state index contributed by atoms with van der Waals surface area (Å²) < 4.78 is 5.75. The van der Waals surface area contributed by atoms with Gasteiger partial charge in [0.15, 0.2) is 5.96 Å². The van der Waals surface area contributed by atoms with Crippen LogP contribution in [0.15, 0.2) is 47.5 Å². The highest BCUT2D eigenvalue weighted by molar-refractivity contribution is 14.0. The van der Waals surface area contributed by atoms with Crippen LogP contribution < -0.4 is 20.7 Å². The number of aryl methyl sites for hydroxylation is 1. The lowest BCUT2D eigenvalue weighted by Crippen LogP contribution is -2.38. The monoisotopic (exact) mass is 524 g/mol. The van der Waals surface area contributed by atoms with Gasteiger partial charge in [-0.1, -0.05) is 24.3 Å². The van der Waals surface area contributed by atoms with Crippen molar-refractivity contribution in [2.24, 2.45) is 4.99 Å². The third kappa shape index (κ3) is 8.22. The number of guanidine groups is 1. The summed E-state index contributed by atoms with van der Waals surface area (Å²) in [4.78, 5) is 16.5. The SMILES string of the molecule is CCNC(=NCc1ccc(C)cc1OCC)NCCc1cccc(C(=O)NC)c1.I. The third-order valence-corrected chi connectivity index (χ3v) is 4.40. The number of hydrogen-bond donors (Lipinski definition) is 3. The Morgan fingerprint density at radius 1 is 1.10 bits per heavy atom. The summed E-state index contributed by atoms with van der Waals surface area (Å²) in [6, 6.07) is 13.9. The van der Waals surface area contributed by atoms with E-state index in [1.165, 1.54) is 5.56 Å². The summed E-state index contributed by atoms with van der Waals surface area (Å²) in [5.74, 6) is 1.58. The van der Waals surface area contributed by atoms with E-state index in [2.05, 4.69) is 35.0 Å². The Bertz CT molecular complexity index is 840. The number of halogens is 1. The summed E-state index contributed by atoms with van der Waals surface area (Å²) in [5.41, 5.74) is 4.01. The van der Waals surface area contributed by atoms with E-state index in [1.54, 1.807) is 7.05 Å². The van der Waals surface area contributed by atoms with Crippen LogP contribution in [0, 0.1) is 6.92 Å². The van der Waals surface area contributed by atoms with E-state index < -0.39 is 0 Å². The van der Waals surface area contributed by atoms with Gasteiger partial charge in [-0.15, -0.1) is 24.0 Å². The minimum absolute atomic E-state index is 0. The van der Waals surface area contributed by atoms with Gasteiger partial charge in [-0.3, -0.25) is 4.79 Å². The molecule has 0 aliphatic carbocycles.